The third-order valence-corrected chi connectivity index (χ3v) is 2.44. The Kier molecular flexibility index (Phi) is 5.49. The molecular formula is C12H23N3O. The molecule has 0 fully saturated rings. The van der Waals surface area contributed by atoms with E-state index >= 15 is 0 Å². The molecule has 0 saturated carbocycles. The largest absolute Gasteiger partial charge is 0.384 e. The highest BCUT2D eigenvalue weighted by Crippen LogP contribution is 2.04. The highest BCUT2D eigenvalue weighted by molar-refractivity contribution is 4.98. The van der Waals surface area contributed by atoms with Crippen molar-refractivity contribution in [3.63, 3.8) is 0 Å². The zero-order valence-corrected chi connectivity index (χ0v) is 10.7. The second-order valence-electron chi connectivity index (χ2n) is 4.57. The summed E-state index contributed by atoms with van der Waals surface area (Å²) in [6.07, 6.45) is 2.03. The third kappa shape index (κ3) is 4.33. The van der Waals surface area contributed by atoms with E-state index in [-0.39, 0.29) is 0 Å². The Bertz CT molecular complexity index is 296. The van der Waals surface area contributed by atoms with Gasteiger partial charge >= 0.3 is 0 Å². The van der Waals surface area contributed by atoms with Crippen molar-refractivity contribution in [2.75, 3.05) is 20.3 Å². The van der Waals surface area contributed by atoms with Crippen LogP contribution in [0, 0.1) is 5.92 Å². The van der Waals surface area contributed by atoms with Crippen molar-refractivity contribution >= 4 is 0 Å². The van der Waals surface area contributed by atoms with E-state index in [1.807, 2.05) is 10.9 Å². The Morgan fingerprint density at radius 1 is 1.44 bits per heavy atom. The number of rotatable bonds is 7. The Labute approximate surface area is 98.0 Å². The van der Waals surface area contributed by atoms with Crippen LogP contribution in [0.25, 0.3) is 0 Å². The number of ether oxygens (including phenoxy) is 1. The molecule has 0 amide bonds. The van der Waals surface area contributed by atoms with E-state index in [2.05, 4.69) is 37.3 Å². The average molecular weight is 225 g/mol. The minimum Gasteiger partial charge on any atom is -0.384 e. The molecule has 16 heavy (non-hydrogen) atoms. The zero-order valence-electron chi connectivity index (χ0n) is 10.7. The molecule has 1 unspecified atom stereocenters. The maximum atomic E-state index is 5.08. The van der Waals surface area contributed by atoms with Crippen molar-refractivity contribution in [3.05, 3.63) is 18.0 Å². The van der Waals surface area contributed by atoms with Crippen molar-refractivity contribution in [1.82, 2.24) is 15.1 Å². The molecule has 1 heterocycles. The van der Waals surface area contributed by atoms with Gasteiger partial charge in [0, 0.05) is 39.0 Å². The Hall–Kier alpha value is -0.870. The maximum absolute atomic E-state index is 5.08. The molecule has 4 nitrogen and oxygen atoms in total. The molecule has 1 atom stereocenters. The molecule has 0 saturated heterocycles. The first-order valence-corrected chi connectivity index (χ1v) is 5.87. The lowest BCUT2D eigenvalue weighted by molar-refractivity contribution is 0.158. The van der Waals surface area contributed by atoms with Crippen LogP contribution in [0.1, 0.15) is 32.5 Å². The van der Waals surface area contributed by atoms with Crippen molar-refractivity contribution in [3.8, 4) is 0 Å². The molecule has 4 heteroatoms. The predicted octanol–water partition coefficient (Wildman–Crippen LogP) is 1.84. The zero-order chi connectivity index (χ0) is 12.0. The molecule has 0 aliphatic carbocycles. The monoisotopic (exact) mass is 225 g/mol. The number of hydrogen-bond donors (Lipinski definition) is 1. The maximum Gasteiger partial charge on any atom is 0.0762 e. The second-order valence-corrected chi connectivity index (χ2v) is 4.57. The van der Waals surface area contributed by atoms with Crippen molar-refractivity contribution in [1.29, 1.82) is 0 Å². The molecule has 1 rings (SSSR count). The first kappa shape index (κ1) is 13.2. The highest BCUT2D eigenvalue weighted by atomic mass is 16.5. The van der Waals surface area contributed by atoms with E-state index in [9.17, 15) is 0 Å². The van der Waals surface area contributed by atoms with E-state index in [4.69, 9.17) is 4.74 Å². The summed E-state index contributed by atoms with van der Waals surface area (Å²) in [5.41, 5.74) is 1.10. The van der Waals surface area contributed by atoms with Crippen molar-refractivity contribution in [2.45, 2.75) is 33.4 Å². The van der Waals surface area contributed by atoms with Crippen LogP contribution in [-0.2, 0) is 11.3 Å². The SMILES string of the molecule is COCC(C)CNCc1ccn(C(C)C)n1. The van der Waals surface area contributed by atoms with Crippen LogP contribution in [0.4, 0.5) is 0 Å². The van der Waals surface area contributed by atoms with Gasteiger partial charge in [0.1, 0.15) is 0 Å². The fraction of sp³-hybridized carbons (Fsp3) is 0.750. The molecule has 0 aliphatic heterocycles. The highest BCUT2D eigenvalue weighted by Gasteiger charge is 2.03. The molecule has 0 aromatic carbocycles. The quantitative estimate of drug-likeness (QED) is 0.769. The van der Waals surface area contributed by atoms with Crippen molar-refractivity contribution in [2.24, 2.45) is 5.92 Å². The van der Waals surface area contributed by atoms with E-state index in [0.717, 1.165) is 25.4 Å². The van der Waals surface area contributed by atoms with Gasteiger partial charge in [0.15, 0.2) is 0 Å². The molecule has 0 radical (unpaired) electrons. The standard InChI is InChI=1S/C12H23N3O/c1-10(2)15-6-5-12(14-15)8-13-7-11(3)9-16-4/h5-6,10-11,13H,7-9H2,1-4H3. The summed E-state index contributed by atoms with van der Waals surface area (Å²) in [5, 5.41) is 7.86. The van der Waals surface area contributed by atoms with Crippen LogP contribution in [-0.4, -0.2) is 30.0 Å². The summed E-state index contributed by atoms with van der Waals surface area (Å²) in [6, 6.07) is 2.50. The molecule has 0 spiro atoms. The number of nitrogens with zero attached hydrogens (tertiary/aromatic N) is 2. The molecule has 0 aliphatic rings. The first-order chi connectivity index (χ1) is 7.63. The van der Waals surface area contributed by atoms with Gasteiger partial charge in [-0.1, -0.05) is 6.92 Å². The number of methoxy groups -OCH3 is 1. The lowest BCUT2D eigenvalue weighted by Gasteiger charge is -2.10. The molecule has 1 aromatic heterocycles. The van der Waals surface area contributed by atoms with Gasteiger partial charge in [-0.2, -0.15) is 5.10 Å². The summed E-state index contributed by atoms with van der Waals surface area (Å²) in [7, 11) is 1.74. The Morgan fingerprint density at radius 3 is 2.75 bits per heavy atom. The molecular weight excluding hydrogens is 202 g/mol. The normalized spacial score (nSPS) is 13.3. The average Bonchev–Trinajstić information content (AvgIpc) is 2.67. The van der Waals surface area contributed by atoms with Gasteiger partial charge in [-0.15, -0.1) is 0 Å². The fourth-order valence-electron chi connectivity index (χ4n) is 1.55. The molecule has 92 valence electrons. The van der Waals surface area contributed by atoms with Crippen LogP contribution in [0.3, 0.4) is 0 Å². The topological polar surface area (TPSA) is 39.1 Å². The van der Waals surface area contributed by atoms with E-state index in [1.54, 1.807) is 7.11 Å². The summed E-state index contributed by atoms with van der Waals surface area (Å²) >= 11 is 0. The summed E-state index contributed by atoms with van der Waals surface area (Å²) in [6.45, 7) is 9.02. The predicted molar refractivity (Wildman–Crippen MR) is 65.4 cm³/mol. The van der Waals surface area contributed by atoms with Crippen molar-refractivity contribution < 1.29 is 4.74 Å². The van der Waals surface area contributed by atoms with Gasteiger partial charge < -0.3 is 10.1 Å². The molecule has 1 N–H and O–H groups in total. The van der Waals surface area contributed by atoms with Gasteiger partial charge in [0.25, 0.3) is 0 Å². The van der Waals surface area contributed by atoms with Crippen LogP contribution in [0.15, 0.2) is 12.3 Å². The minimum atomic E-state index is 0.432. The number of aromatic nitrogens is 2. The van der Waals surface area contributed by atoms with Gasteiger partial charge in [-0.05, 0) is 25.8 Å². The van der Waals surface area contributed by atoms with Crippen LogP contribution < -0.4 is 5.32 Å². The smallest absolute Gasteiger partial charge is 0.0762 e. The Balaban J connectivity index is 2.26. The summed E-state index contributed by atoms with van der Waals surface area (Å²) in [5.74, 6) is 0.539. The van der Waals surface area contributed by atoms with Gasteiger partial charge in [-0.3, -0.25) is 4.68 Å². The Morgan fingerprint density at radius 2 is 2.19 bits per heavy atom. The fourth-order valence-corrected chi connectivity index (χ4v) is 1.55. The minimum absolute atomic E-state index is 0.432. The third-order valence-electron chi connectivity index (χ3n) is 2.44. The van der Waals surface area contributed by atoms with Crippen LogP contribution >= 0.6 is 0 Å². The van der Waals surface area contributed by atoms with Gasteiger partial charge in [-0.25, -0.2) is 0 Å². The summed E-state index contributed by atoms with van der Waals surface area (Å²) in [4.78, 5) is 0. The second kappa shape index (κ2) is 6.66. The summed E-state index contributed by atoms with van der Waals surface area (Å²) < 4.78 is 7.06. The van der Waals surface area contributed by atoms with Crippen LogP contribution in [0.5, 0.6) is 0 Å². The lowest BCUT2D eigenvalue weighted by atomic mass is 10.2. The molecule has 1 aromatic rings. The number of nitrogens with one attached hydrogen (secondary N) is 1. The van der Waals surface area contributed by atoms with E-state index < -0.39 is 0 Å². The van der Waals surface area contributed by atoms with Gasteiger partial charge in [0.2, 0.25) is 0 Å². The van der Waals surface area contributed by atoms with E-state index in [1.165, 1.54) is 0 Å². The van der Waals surface area contributed by atoms with Crippen LogP contribution in [0.2, 0.25) is 0 Å². The van der Waals surface area contributed by atoms with E-state index in [0.29, 0.717) is 12.0 Å². The first-order valence-electron chi connectivity index (χ1n) is 5.87. The van der Waals surface area contributed by atoms with Gasteiger partial charge in [0.05, 0.1) is 5.69 Å². The molecule has 0 bridgehead atoms. The lowest BCUT2D eigenvalue weighted by Crippen LogP contribution is -2.23. The number of hydrogen-bond acceptors (Lipinski definition) is 3.